The highest BCUT2D eigenvalue weighted by molar-refractivity contribution is 7.80. The van der Waals surface area contributed by atoms with Crippen molar-refractivity contribution in [3.05, 3.63) is 60.2 Å². The fourth-order valence-electron chi connectivity index (χ4n) is 4.31. The summed E-state index contributed by atoms with van der Waals surface area (Å²) >= 11 is 5.84. The van der Waals surface area contributed by atoms with E-state index in [0.717, 1.165) is 10.9 Å². The van der Waals surface area contributed by atoms with Crippen LogP contribution in [0.25, 0.3) is 32.3 Å². The van der Waals surface area contributed by atoms with E-state index in [0.29, 0.717) is 18.2 Å². The summed E-state index contributed by atoms with van der Waals surface area (Å²) in [6.07, 6.45) is 0. The van der Waals surface area contributed by atoms with Crippen molar-refractivity contribution in [2.75, 3.05) is 13.2 Å². The Balaban J connectivity index is 1.80. The molecule has 0 aliphatic carbocycles. The molecule has 0 amide bonds. The van der Waals surface area contributed by atoms with Crippen LogP contribution in [0, 0.1) is 5.92 Å². The van der Waals surface area contributed by atoms with Gasteiger partial charge < -0.3 is 14.4 Å². The second-order valence-corrected chi connectivity index (χ2v) is 10.6. The summed E-state index contributed by atoms with van der Waals surface area (Å²) in [5.41, 5.74) is 0.922. The average Bonchev–Trinajstić information content (AvgIpc) is 2.75. The van der Waals surface area contributed by atoms with Crippen LogP contribution in [-0.4, -0.2) is 24.0 Å². The second kappa shape index (κ2) is 8.84. The molecule has 4 nitrogen and oxygen atoms in total. The lowest BCUT2D eigenvalue weighted by Gasteiger charge is -2.30. The molecule has 4 aromatic carbocycles. The lowest BCUT2D eigenvalue weighted by molar-refractivity contribution is 0.203. The molecule has 4 aromatic rings. The first-order chi connectivity index (χ1) is 14.9. The largest absolute Gasteiger partial charge is 0.362 e. The highest BCUT2D eigenvalue weighted by Gasteiger charge is 2.38. The summed E-state index contributed by atoms with van der Waals surface area (Å²) < 4.78 is 24.7. The van der Waals surface area contributed by atoms with Crippen LogP contribution < -0.4 is 5.32 Å². The van der Waals surface area contributed by atoms with E-state index in [1.54, 1.807) is 0 Å². The second-order valence-electron chi connectivity index (χ2n) is 8.01. The van der Waals surface area contributed by atoms with Crippen LogP contribution in [0.4, 0.5) is 0 Å². The van der Waals surface area contributed by atoms with Crippen LogP contribution in [0.15, 0.2) is 54.6 Å². The van der Waals surface area contributed by atoms with Gasteiger partial charge in [-0.1, -0.05) is 80.7 Å². The lowest BCUT2D eigenvalue weighted by Crippen LogP contribution is -2.39. The van der Waals surface area contributed by atoms with Gasteiger partial charge in [-0.2, -0.15) is 0 Å². The van der Waals surface area contributed by atoms with Crippen molar-refractivity contribution in [3.8, 4) is 0 Å². The van der Waals surface area contributed by atoms with E-state index in [1.165, 1.54) is 26.9 Å². The number of nitrogens with one attached hydrogen (secondary N) is 1. The Kier molecular flexibility index (Phi) is 6.32. The molecule has 0 aliphatic heterocycles. The Bertz CT molecular complexity index is 1260. The van der Waals surface area contributed by atoms with Crippen LogP contribution in [0.1, 0.15) is 33.3 Å². The van der Waals surface area contributed by atoms with E-state index in [-0.39, 0.29) is 5.92 Å². The van der Waals surface area contributed by atoms with Crippen LogP contribution in [0.5, 0.6) is 0 Å². The fourth-order valence-corrected chi connectivity index (χ4v) is 6.84. The van der Waals surface area contributed by atoms with E-state index in [9.17, 15) is 4.57 Å². The summed E-state index contributed by atoms with van der Waals surface area (Å²) in [5.74, 6) is -0.528. The third kappa shape index (κ3) is 3.96. The highest BCUT2D eigenvalue weighted by Crippen LogP contribution is 2.54. The van der Waals surface area contributed by atoms with Gasteiger partial charge in [-0.25, -0.2) is 0 Å². The molecule has 0 spiro atoms. The van der Waals surface area contributed by atoms with Crippen molar-refractivity contribution < 1.29 is 13.6 Å². The maximum absolute atomic E-state index is 13.5. The molecule has 1 N–H and O–H groups in total. The number of hydrogen-bond donors (Lipinski definition) is 1. The predicted octanol–water partition coefficient (Wildman–Crippen LogP) is 7.10. The average molecular weight is 454 g/mol. The first-order valence-electron chi connectivity index (χ1n) is 10.8. The fraction of sp³-hybridized carbons (Fsp3) is 0.320. The van der Waals surface area contributed by atoms with Crippen molar-refractivity contribution >= 4 is 57.1 Å². The molecule has 0 aromatic heterocycles. The van der Waals surface area contributed by atoms with Crippen molar-refractivity contribution in [2.24, 2.45) is 5.92 Å². The molecule has 0 heterocycles. The molecule has 0 aliphatic rings. The molecule has 0 saturated heterocycles. The van der Waals surface area contributed by atoms with Crippen LogP contribution >= 0.6 is 19.8 Å². The zero-order chi connectivity index (χ0) is 22.2. The molecule has 0 radical (unpaired) electrons. The Morgan fingerprint density at radius 1 is 0.903 bits per heavy atom. The zero-order valence-electron chi connectivity index (χ0n) is 18.3. The van der Waals surface area contributed by atoms with E-state index in [1.807, 2.05) is 33.8 Å². The minimum absolute atomic E-state index is 0.00155. The zero-order valence-corrected chi connectivity index (χ0v) is 20.1. The van der Waals surface area contributed by atoms with Gasteiger partial charge in [-0.3, -0.25) is 4.57 Å². The molecule has 0 fully saturated rings. The molecule has 0 bridgehead atoms. The Hall–Kier alpha value is -2.04. The smallest absolute Gasteiger partial charge is 0.352 e. The minimum Gasteiger partial charge on any atom is -0.362 e. The van der Waals surface area contributed by atoms with Gasteiger partial charge in [0.05, 0.1) is 13.2 Å². The van der Waals surface area contributed by atoms with Gasteiger partial charge in [0.1, 0.15) is 10.8 Å². The van der Waals surface area contributed by atoms with Gasteiger partial charge in [-0.15, -0.1) is 0 Å². The quantitative estimate of drug-likeness (QED) is 0.175. The van der Waals surface area contributed by atoms with Gasteiger partial charge in [0, 0.05) is 5.56 Å². The summed E-state index contributed by atoms with van der Waals surface area (Å²) in [4.78, 5) is 0.552. The topological polar surface area (TPSA) is 47.6 Å². The Morgan fingerprint density at radius 3 is 2.03 bits per heavy atom. The molecule has 1 unspecified atom stereocenters. The van der Waals surface area contributed by atoms with Gasteiger partial charge in [0.2, 0.25) is 0 Å². The van der Waals surface area contributed by atoms with Crippen molar-refractivity contribution in [3.63, 3.8) is 0 Å². The number of thiocarbonyl (C=S) groups is 1. The van der Waals surface area contributed by atoms with Crippen molar-refractivity contribution in [2.45, 2.75) is 33.5 Å². The summed E-state index contributed by atoms with van der Waals surface area (Å²) in [7, 11) is -3.38. The van der Waals surface area contributed by atoms with Crippen LogP contribution in [-0.2, 0) is 13.6 Å². The summed E-state index contributed by atoms with van der Waals surface area (Å²) in [6, 6.07) is 19.1. The van der Waals surface area contributed by atoms with Crippen LogP contribution in [0.3, 0.4) is 0 Å². The van der Waals surface area contributed by atoms with E-state index in [4.69, 9.17) is 21.3 Å². The van der Waals surface area contributed by atoms with Gasteiger partial charge >= 0.3 is 7.60 Å². The van der Waals surface area contributed by atoms with Gasteiger partial charge in [0.15, 0.2) is 0 Å². The molecule has 0 saturated carbocycles. The molecular formula is C25H28NO3PS. The molecule has 6 heteroatoms. The molecule has 1 atom stereocenters. The summed E-state index contributed by atoms with van der Waals surface area (Å²) in [5, 5.41) is 10.5. The first-order valence-corrected chi connectivity index (χ1v) is 12.8. The molecule has 4 rings (SSSR count). The van der Waals surface area contributed by atoms with E-state index >= 15 is 0 Å². The third-order valence-corrected chi connectivity index (χ3v) is 8.62. The predicted molar refractivity (Wildman–Crippen MR) is 134 cm³/mol. The Labute approximate surface area is 188 Å². The lowest BCUT2D eigenvalue weighted by atomic mass is 9.92. The van der Waals surface area contributed by atoms with Crippen LogP contribution in [0.2, 0.25) is 0 Å². The standard InChI is InChI=1S/C25H28NO3PS/c1-5-28-30(27,29-6-2)24(16(3)4)26-25(31)21-15-13-19-11-10-17-8-7-9-18-12-14-20(21)23(19)22(17)18/h7-16,24H,5-6H2,1-4H3,(H,26,31). The van der Waals surface area contributed by atoms with Gasteiger partial charge in [0.25, 0.3) is 0 Å². The molecule has 31 heavy (non-hydrogen) atoms. The minimum atomic E-state index is -3.38. The molecule has 162 valence electrons. The third-order valence-electron chi connectivity index (χ3n) is 5.64. The molecular weight excluding hydrogens is 425 g/mol. The SMILES string of the molecule is CCOP(=O)(OCC)C(NC(=S)c1ccc2ccc3cccc4ccc1c2c34)C(C)C. The van der Waals surface area contributed by atoms with E-state index < -0.39 is 13.4 Å². The maximum atomic E-state index is 13.5. The highest BCUT2D eigenvalue weighted by atomic mass is 32.1. The maximum Gasteiger partial charge on any atom is 0.352 e. The summed E-state index contributed by atoms with van der Waals surface area (Å²) in [6.45, 7) is 8.26. The Morgan fingerprint density at radius 2 is 1.45 bits per heavy atom. The number of hydrogen-bond acceptors (Lipinski definition) is 4. The first kappa shape index (κ1) is 22.2. The van der Waals surface area contributed by atoms with E-state index in [2.05, 4.69) is 53.8 Å². The van der Waals surface area contributed by atoms with Gasteiger partial charge in [-0.05, 0) is 52.1 Å². The normalized spacial score (nSPS) is 13.5. The number of rotatable bonds is 8. The van der Waals surface area contributed by atoms with Crippen molar-refractivity contribution in [1.29, 1.82) is 0 Å². The van der Waals surface area contributed by atoms with Crippen molar-refractivity contribution in [1.82, 2.24) is 5.32 Å². The number of benzene rings is 4. The monoisotopic (exact) mass is 453 g/mol.